The highest BCUT2D eigenvalue weighted by Crippen LogP contribution is 2.39. The first-order valence-electron chi connectivity index (χ1n) is 7.42. The second-order valence-electron chi connectivity index (χ2n) is 5.83. The molecule has 2 aromatic rings. The lowest BCUT2D eigenvalue weighted by Crippen LogP contribution is -2.34. The van der Waals surface area contributed by atoms with E-state index in [4.69, 9.17) is 11.6 Å². The number of aliphatic hydroxyl groups excluding tert-OH is 1. The molecule has 2 aromatic carbocycles. The number of nitrogens with one attached hydrogen (secondary N) is 1. The number of rotatable bonds is 4. The third kappa shape index (κ3) is 3.22. The van der Waals surface area contributed by atoms with E-state index in [0.29, 0.717) is 12.0 Å². The van der Waals surface area contributed by atoms with Gasteiger partial charge >= 0.3 is 0 Å². The molecule has 2 nitrogen and oxygen atoms in total. The number of aliphatic hydroxyl groups is 1. The fourth-order valence-corrected chi connectivity index (χ4v) is 3.18. The maximum Gasteiger partial charge on any atom is 0.0781 e. The maximum atomic E-state index is 9.81. The van der Waals surface area contributed by atoms with Crippen LogP contribution in [0.3, 0.4) is 0 Å². The van der Waals surface area contributed by atoms with E-state index in [2.05, 4.69) is 17.4 Å². The highest BCUT2D eigenvalue weighted by Gasteiger charge is 2.30. The Balaban J connectivity index is 1.63. The summed E-state index contributed by atoms with van der Waals surface area (Å²) in [7, 11) is 0. The van der Waals surface area contributed by atoms with Gasteiger partial charge in [-0.25, -0.2) is 0 Å². The smallest absolute Gasteiger partial charge is 0.0781 e. The standard InChI is InChI=1S/C18H20ClNO/c1-12(21)17-7-2-3-8-18(17)20-16-10-14(11-16)13-5-4-6-15(19)9-13/h2-9,12,14,16,20-21H,10-11H2,1H3. The number of hydrogen-bond donors (Lipinski definition) is 2. The fraction of sp³-hybridized carbons (Fsp3) is 0.333. The normalized spacial score (nSPS) is 22.4. The Morgan fingerprint density at radius 1 is 1.14 bits per heavy atom. The Kier molecular flexibility index (Phi) is 4.18. The quantitative estimate of drug-likeness (QED) is 0.854. The van der Waals surface area contributed by atoms with E-state index >= 15 is 0 Å². The number of halogens is 1. The lowest BCUT2D eigenvalue weighted by molar-refractivity contribution is 0.199. The third-order valence-corrected chi connectivity index (χ3v) is 4.46. The minimum atomic E-state index is -0.447. The van der Waals surface area contributed by atoms with Crippen molar-refractivity contribution in [2.75, 3.05) is 5.32 Å². The van der Waals surface area contributed by atoms with Crippen molar-refractivity contribution in [2.24, 2.45) is 0 Å². The van der Waals surface area contributed by atoms with Gasteiger partial charge < -0.3 is 10.4 Å². The van der Waals surface area contributed by atoms with Crippen molar-refractivity contribution in [3.63, 3.8) is 0 Å². The van der Waals surface area contributed by atoms with E-state index in [1.165, 1.54) is 5.56 Å². The summed E-state index contributed by atoms with van der Waals surface area (Å²) in [4.78, 5) is 0. The van der Waals surface area contributed by atoms with Crippen LogP contribution >= 0.6 is 11.6 Å². The first-order valence-corrected chi connectivity index (χ1v) is 7.80. The summed E-state index contributed by atoms with van der Waals surface area (Å²) in [5.74, 6) is 0.583. The van der Waals surface area contributed by atoms with Crippen LogP contribution in [0, 0.1) is 0 Å². The van der Waals surface area contributed by atoms with Crippen molar-refractivity contribution in [2.45, 2.75) is 37.8 Å². The average Bonchev–Trinajstić information content (AvgIpc) is 2.42. The Labute approximate surface area is 130 Å². The zero-order valence-corrected chi connectivity index (χ0v) is 12.8. The zero-order valence-electron chi connectivity index (χ0n) is 12.1. The molecule has 3 rings (SSSR count). The minimum Gasteiger partial charge on any atom is -0.389 e. The first-order chi connectivity index (χ1) is 10.1. The van der Waals surface area contributed by atoms with Gasteiger partial charge in [-0.3, -0.25) is 0 Å². The summed E-state index contributed by atoms with van der Waals surface area (Å²) >= 11 is 6.05. The number of hydrogen-bond acceptors (Lipinski definition) is 2. The third-order valence-electron chi connectivity index (χ3n) is 4.23. The minimum absolute atomic E-state index is 0.447. The maximum absolute atomic E-state index is 9.81. The Hall–Kier alpha value is -1.51. The molecular weight excluding hydrogens is 282 g/mol. The molecule has 1 aliphatic rings. The van der Waals surface area contributed by atoms with Crippen LogP contribution in [0.2, 0.25) is 5.02 Å². The highest BCUT2D eigenvalue weighted by atomic mass is 35.5. The van der Waals surface area contributed by atoms with Crippen molar-refractivity contribution in [3.8, 4) is 0 Å². The van der Waals surface area contributed by atoms with Crippen LogP contribution in [0.4, 0.5) is 5.69 Å². The summed E-state index contributed by atoms with van der Waals surface area (Å²) in [6.45, 7) is 1.80. The molecule has 1 saturated carbocycles. The Morgan fingerprint density at radius 3 is 2.62 bits per heavy atom. The lowest BCUT2D eigenvalue weighted by Gasteiger charge is -2.37. The molecule has 110 valence electrons. The predicted molar refractivity (Wildman–Crippen MR) is 87.9 cm³/mol. The summed E-state index contributed by atoms with van der Waals surface area (Å²) in [5.41, 5.74) is 3.33. The summed E-state index contributed by atoms with van der Waals surface area (Å²) < 4.78 is 0. The molecule has 0 spiro atoms. The molecule has 1 unspecified atom stereocenters. The first kappa shape index (κ1) is 14.4. The van der Waals surface area contributed by atoms with Crippen molar-refractivity contribution in [1.29, 1.82) is 0 Å². The van der Waals surface area contributed by atoms with Crippen LogP contribution in [0.5, 0.6) is 0 Å². The van der Waals surface area contributed by atoms with Crippen LogP contribution < -0.4 is 5.32 Å². The van der Waals surface area contributed by atoms with Gasteiger partial charge in [0.15, 0.2) is 0 Å². The Morgan fingerprint density at radius 2 is 1.90 bits per heavy atom. The molecule has 1 atom stereocenters. The van der Waals surface area contributed by atoms with Crippen LogP contribution in [0.15, 0.2) is 48.5 Å². The van der Waals surface area contributed by atoms with Crippen molar-refractivity contribution >= 4 is 17.3 Å². The van der Waals surface area contributed by atoms with E-state index < -0.39 is 6.10 Å². The second kappa shape index (κ2) is 6.08. The van der Waals surface area contributed by atoms with Gasteiger partial charge in [0, 0.05) is 22.3 Å². The summed E-state index contributed by atoms with van der Waals surface area (Å²) in [6.07, 6.45) is 1.76. The van der Waals surface area contributed by atoms with Crippen molar-refractivity contribution < 1.29 is 5.11 Å². The van der Waals surface area contributed by atoms with E-state index in [-0.39, 0.29) is 0 Å². The molecule has 0 radical (unpaired) electrons. The molecule has 0 amide bonds. The molecule has 0 saturated heterocycles. The molecule has 1 aliphatic carbocycles. The van der Waals surface area contributed by atoms with Gasteiger partial charge in [0.25, 0.3) is 0 Å². The zero-order chi connectivity index (χ0) is 14.8. The molecule has 21 heavy (non-hydrogen) atoms. The number of para-hydroxylation sites is 1. The summed E-state index contributed by atoms with van der Waals surface area (Å²) in [6, 6.07) is 16.6. The van der Waals surface area contributed by atoms with Gasteiger partial charge in [0.05, 0.1) is 6.10 Å². The topological polar surface area (TPSA) is 32.3 Å². The van der Waals surface area contributed by atoms with E-state index in [1.54, 1.807) is 6.92 Å². The van der Waals surface area contributed by atoms with Gasteiger partial charge in [0.1, 0.15) is 0 Å². The van der Waals surface area contributed by atoms with Gasteiger partial charge in [0.2, 0.25) is 0 Å². The van der Waals surface area contributed by atoms with Crippen LogP contribution in [0.1, 0.15) is 42.9 Å². The van der Waals surface area contributed by atoms with Gasteiger partial charge in [-0.1, -0.05) is 41.9 Å². The molecule has 3 heteroatoms. The predicted octanol–water partition coefficient (Wildman–Crippen LogP) is 4.75. The molecule has 0 aromatic heterocycles. The van der Waals surface area contributed by atoms with Crippen LogP contribution in [-0.4, -0.2) is 11.1 Å². The van der Waals surface area contributed by atoms with Gasteiger partial charge in [-0.15, -0.1) is 0 Å². The number of benzene rings is 2. The molecule has 1 fully saturated rings. The fourth-order valence-electron chi connectivity index (χ4n) is 2.98. The summed E-state index contributed by atoms with van der Waals surface area (Å²) in [5, 5.41) is 14.2. The van der Waals surface area contributed by atoms with Gasteiger partial charge in [-0.05, 0) is 49.4 Å². The SMILES string of the molecule is CC(O)c1ccccc1NC1CC(c2cccc(Cl)c2)C1. The largest absolute Gasteiger partial charge is 0.389 e. The van der Waals surface area contributed by atoms with Crippen molar-refractivity contribution in [3.05, 3.63) is 64.7 Å². The van der Waals surface area contributed by atoms with Crippen LogP contribution in [-0.2, 0) is 0 Å². The lowest BCUT2D eigenvalue weighted by atomic mass is 9.75. The van der Waals surface area contributed by atoms with E-state index in [1.807, 2.05) is 36.4 Å². The molecule has 0 bridgehead atoms. The van der Waals surface area contributed by atoms with E-state index in [0.717, 1.165) is 29.1 Å². The highest BCUT2D eigenvalue weighted by molar-refractivity contribution is 6.30. The monoisotopic (exact) mass is 301 g/mol. The average molecular weight is 302 g/mol. The Bertz CT molecular complexity index is 620. The van der Waals surface area contributed by atoms with E-state index in [9.17, 15) is 5.11 Å². The molecule has 2 N–H and O–H groups in total. The van der Waals surface area contributed by atoms with Crippen molar-refractivity contribution in [1.82, 2.24) is 0 Å². The molecule has 0 heterocycles. The number of anilines is 1. The molecule has 0 aliphatic heterocycles. The van der Waals surface area contributed by atoms with Crippen LogP contribution in [0.25, 0.3) is 0 Å². The van der Waals surface area contributed by atoms with Gasteiger partial charge in [-0.2, -0.15) is 0 Å². The molecular formula is C18H20ClNO. The second-order valence-corrected chi connectivity index (χ2v) is 6.26.